The second kappa shape index (κ2) is 6.55. The number of sulfonamides is 1. The largest absolute Gasteiger partial charge is 0.465 e. The number of nitrogens with zero attached hydrogens (tertiary/aromatic N) is 1. The molecular weight excluding hydrogens is 345 g/mol. The molecule has 2 aromatic carbocycles. The van der Waals surface area contributed by atoms with Gasteiger partial charge in [-0.25, -0.2) is 17.6 Å². The third-order valence-electron chi connectivity index (χ3n) is 3.19. The molecule has 0 aromatic heterocycles. The molecule has 0 radical (unpaired) electrons. The molecule has 0 bridgehead atoms. The molecule has 2 rings (SSSR count). The molecule has 0 unspecified atom stereocenters. The van der Waals surface area contributed by atoms with E-state index in [1.165, 1.54) is 38.4 Å². The molecule has 0 saturated heterocycles. The van der Waals surface area contributed by atoms with Crippen LogP contribution < -0.4 is 4.31 Å². The predicted octanol–water partition coefficient (Wildman–Crippen LogP) is 3.09. The maximum absolute atomic E-state index is 13.0. The highest BCUT2D eigenvalue weighted by Crippen LogP contribution is 2.26. The van der Waals surface area contributed by atoms with Gasteiger partial charge >= 0.3 is 5.97 Å². The lowest BCUT2D eigenvalue weighted by molar-refractivity contribution is 0.0600. The van der Waals surface area contributed by atoms with Crippen LogP contribution in [0.3, 0.4) is 0 Å². The number of rotatable bonds is 4. The number of esters is 1. The summed E-state index contributed by atoms with van der Waals surface area (Å²) in [6.07, 6.45) is 0. The molecular formula is C15H13ClFNO4S. The van der Waals surface area contributed by atoms with Crippen LogP contribution in [0.2, 0.25) is 5.02 Å². The standard InChI is InChI=1S/C15H13ClFNO4S/c1-18(11-5-3-10(17)4-6-11)23(20,21)12-7-8-14(16)13(9-12)15(19)22-2/h3-9H,1-2H3. The van der Waals surface area contributed by atoms with Crippen molar-refractivity contribution in [2.24, 2.45) is 0 Å². The maximum atomic E-state index is 13.0. The minimum atomic E-state index is -3.94. The number of hydrogen-bond acceptors (Lipinski definition) is 4. The molecule has 0 spiro atoms. The summed E-state index contributed by atoms with van der Waals surface area (Å²) >= 11 is 5.88. The Morgan fingerprint density at radius 2 is 1.78 bits per heavy atom. The quantitative estimate of drug-likeness (QED) is 0.789. The number of carbonyl (C=O) groups is 1. The van der Waals surface area contributed by atoms with Gasteiger partial charge in [-0.15, -0.1) is 0 Å². The van der Waals surface area contributed by atoms with E-state index in [2.05, 4.69) is 4.74 Å². The van der Waals surface area contributed by atoms with Crippen LogP contribution in [0, 0.1) is 5.82 Å². The van der Waals surface area contributed by atoms with Crippen molar-refractivity contribution in [1.82, 2.24) is 0 Å². The molecule has 0 amide bonds. The summed E-state index contributed by atoms with van der Waals surface area (Å²) in [7, 11) is -1.44. The summed E-state index contributed by atoms with van der Waals surface area (Å²) in [4.78, 5) is 11.5. The number of carbonyl (C=O) groups excluding carboxylic acids is 1. The van der Waals surface area contributed by atoms with Crippen LogP contribution in [-0.4, -0.2) is 28.5 Å². The average molecular weight is 358 g/mol. The van der Waals surface area contributed by atoms with Crippen molar-refractivity contribution < 1.29 is 22.3 Å². The number of methoxy groups -OCH3 is 1. The zero-order chi connectivity index (χ0) is 17.2. The first-order valence-corrected chi connectivity index (χ1v) is 8.21. The SMILES string of the molecule is COC(=O)c1cc(S(=O)(=O)N(C)c2ccc(F)cc2)ccc1Cl. The van der Waals surface area contributed by atoms with Crippen molar-refractivity contribution in [2.75, 3.05) is 18.5 Å². The lowest BCUT2D eigenvalue weighted by Crippen LogP contribution is -2.26. The van der Waals surface area contributed by atoms with Crippen molar-refractivity contribution >= 4 is 33.3 Å². The number of ether oxygens (including phenoxy) is 1. The van der Waals surface area contributed by atoms with Crippen LogP contribution in [0.15, 0.2) is 47.4 Å². The van der Waals surface area contributed by atoms with Crippen LogP contribution in [0.25, 0.3) is 0 Å². The van der Waals surface area contributed by atoms with E-state index >= 15 is 0 Å². The Labute approximate surface area is 138 Å². The van der Waals surface area contributed by atoms with Crippen molar-refractivity contribution in [2.45, 2.75) is 4.90 Å². The molecule has 0 saturated carbocycles. The van der Waals surface area contributed by atoms with E-state index in [0.29, 0.717) is 0 Å². The van der Waals surface area contributed by atoms with E-state index < -0.39 is 21.8 Å². The molecule has 0 N–H and O–H groups in total. The van der Waals surface area contributed by atoms with Crippen LogP contribution in [0.1, 0.15) is 10.4 Å². The first-order chi connectivity index (χ1) is 10.8. The van der Waals surface area contributed by atoms with E-state index in [0.717, 1.165) is 22.5 Å². The van der Waals surface area contributed by atoms with Gasteiger partial charge in [-0.05, 0) is 42.5 Å². The average Bonchev–Trinajstić information content (AvgIpc) is 2.54. The van der Waals surface area contributed by atoms with Gasteiger partial charge in [-0.3, -0.25) is 4.31 Å². The Bertz CT molecular complexity index is 837. The summed E-state index contributed by atoms with van der Waals surface area (Å²) in [5.41, 5.74) is 0.226. The molecule has 0 heterocycles. The zero-order valence-electron chi connectivity index (χ0n) is 12.3. The lowest BCUT2D eigenvalue weighted by atomic mass is 10.2. The monoisotopic (exact) mass is 357 g/mol. The van der Waals surface area contributed by atoms with E-state index in [-0.39, 0.29) is 21.2 Å². The second-order valence-electron chi connectivity index (χ2n) is 4.58. The van der Waals surface area contributed by atoms with Gasteiger partial charge in [0.25, 0.3) is 10.0 Å². The fraction of sp³-hybridized carbons (Fsp3) is 0.133. The third-order valence-corrected chi connectivity index (χ3v) is 5.30. The molecule has 0 aliphatic rings. The van der Waals surface area contributed by atoms with Gasteiger partial charge in [0.1, 0.15) is 5.82 Å². The van der Waals surface area contributed by atoms with Crippen molar-refractivity contribution in [3.8, 4) is 0 Å². The minimum absolute atomic E-state index is 0.0530. The van der Waals surface area contributed by atoms with E-state index in [1.807, 2.05) is 0 Å². The summed E-state index contributed by atoms with van der Waals surface area (Å²) in [5, 5.41) is 0.0836. The van der Waals surface area contributed by atoms with Gasteiger partial charge in [-0.2, -0.15) is 0 Å². The van der Waals surface area contributed by atoms with Gasteiger partial charge in [0.2, 0.25) is 0 Å². The number of halogens is 2. The Balaban J connectivity index is 2.47. The molecule has 122 valence electrons. The molecule has 0 fully saturated rings. The Kier molecular flexibility index (Phi) is 4.91. The van der Waals surface area contributed by atoms with Gasteiger partial charge in [0, 0.05) is 7.05 Å². The van der Waals surface area contributed by atoms with E-state index in [9.17, 15) is 17.6 Å². The molecule has 0 aliphatic carbocycles. The van der Waals surface area contributed by atoms with E-state index in [1.54, 1.807) is 0 Å². The summed E-state index contributed by atoms with van der Waals surface area (Å²) < 4.78 is 43.8. The topological polar surface area (TPSA) is 63.7 Å². The number of benzene rings is 2. The molecule has 8 heteroatoms. The smallest absolute Gasteiger partial charge is 0.339 e. The second-order valence-corrected chi connectivity index (χ2v) is 6.96. The highest BCUT2D eigenvalue weighted by Gasteiger charge is 2.24. The lowest BCUT2D eigenvalue weighted by Gasteiger charge is -2.20. The predicted molar refractivity (Wildman–Crippen MR) is 84.8 cm³/mol. The highest BCUT2D eigenvalue weighted by atomic mass is 35.5. The van der Waals surface area contributed by atoms with Crippen LogP contribution >= 0.6 is 11.6 Å². The molecule has 23 heavy (non-hydrogen) atoms. The van der Waals surface area contributed by atoms with Gasteiger partial charge < -0.3 is 4.74 Å². The fourth-order valence-corrected chi connectivity index (χ4v) is 3.30. The first-order valence-electron chi connectivity index (χ1n) is 6.39. The van der Waals surface area contributed by atoms with Gasteiger partial charge in [0.05, 0.1) is 28.3 Å². The molecule has 5 nitrogen and oxygen atoms in total. The fourth-order valence-electron chi connectivity index (χ4n) is 1.88. The molecule has 0 aliphatic heterocycles. The Hall–Kier alpha value is -2.12. The van der Waals surface area contributed by atoms with Crippen molar-refractivity contribution in [3.05, 3.63) is 58.9 Å². The van der Waals surface area contributed by atoms with E-state index in [4.69, 9.17) is 11.6 Å². The van der Waals surface area contributed by atoms with Crippen LogP contribution in [0.5, 0.6) is 0 Å². The highest BCUT2D eigenvalue weighted by molar-refractivity contribution is 7.92. The van der Waals surface area contributed by atoms with Crippen molar-refractivity contribution in [1.29, 1.82) is 0 Å². The summed E-state index contributed by atoms with van der Waals surface area (Å²) in [6.45, 7) is 0. The Morgan fingerprint density at radius 1 is 1.17 bits per heavy atom. The van der Waals surface area contributed by atoms with Crippen molar-refractivity contribution in [3.63, 3.8) is 0 Å². The normalized spacial score (nSPS) is 11.1. The van der Waals surface area contributed by atoms with Crippen LogP contribution in [0.4, 0.5) is 10.1 Å². The molecule has 0 atom stereocenters. The van der Waals surface area contributed by atoms with Gasteiger partial charge in [-0.1, -0.05) is 11.6 Å². The van der Waals surface area contributed by atoms with Crippen LogP contribution in [-0.2, 0) is 14.8 Å². The summed E-state index contributed by atoms with van der Waals surface area (Å²) in [6, 6.07) is 8.72. The zero-order valence-corrected chi connectivity index (χ0v) is 13.9. The number of anilines is 1. The minimum Gasteiger partial charge on any atom is -0.465 e. The third kappa shape index (κ3) is 3.46. The van der Waals surface area contributed by atoms with Gasteiger partial charge in [0.15, 0.2) is 0 Å². The molecule has 2 aromatic rings. The maximum Gasteiger partial charge on any atom is 0.339 e. The Morgan fingerprint density at radius 3 is 2.35 bits per heavy atom. The number of hydrogen-bond donors (Lipinski definition) is 0. The first kappa shape index (κ1) is 17.2. The summed E-state index contributed by atoms with van der Waals surface area (Å²) in [5.74, 6) is -1.21.